The van der Waals surface area contributed by atoms with E-state index in [0.717, 1.165) is 50.6 Å². The van der Waals surface area contributed by atoms with Crippen molar-refractivity contribution in [1.29, 1.82) is 0 Å². The smallest absolute Gasteiger partial charge is 0.0770 e. The second-order valence-corrected chi connectivity index (χ2v) is 18.9. The van der Waals surface area contributed by atoms with Crippen LogP contribution in [0.25, 0.3) is 33.5 Å². The summed E-state index contributed by atoms with van der Waals surface area (Å²) >= 11 is 0. The predicted molar refractivity (Wildman–Crippen MR) is 243 cm³/mol. The van der Waals surface area contributed by atoms with Gasteiger partial charge in [-0.2, -0.15) is 6.07 Å². The Bertz CT molecular complexity index is 2630. The topological polar surface area (TPSA) is 33.5 Å². The van der Waals surface area contributed by atoms with Crippen LogP contribution >= 0.6 is 0 Å². The van der Waals surface area contributed by atoms with Gasteiger partial charge in [-0.1, -0.05) is 124 Å². The molecule has 0 radical (unpaired) electrons. The number of anilines is 4. The molecule has 0 saturated heterocycles. The molecule has 8 rings (SSSR count). The Balaban J connectivity index is 0.00000528. The largest absolute Gasteiger partial charge is 0.503 e. The maximum atomic E-state index is 6.74. The molecule has 0 atom stereocenters. The monoisotopic (exact) mass is 958 g/mol. The standard InChI is InChI=1S/C53H55N4O.Pt/c1-34-26-35(2)49(36(3)27-34)56-33-55(47-22-15-16-23-48(47)56)40-18-17-19-41(31-40)58-42-24-25-43(37-28-38(51(4,5)6)30-39(29-37)52(7,8)9)44(32-42)50-54-45-20-13-14-21-46(45)57(50)53(10,11)12;/h13-30,33H,1-12H3;/q-3;. The average Bonchev–Trinajstić information content (AvgIpc) is 3.74. The molecule has 0 spiro atoms. The number of nitrogens with zero attached hydrogens (tertiary/aromatic N) is 4. The molecule has 0 fully saturated rings. The molecule has 2 heterocycles. The van der Waals surface area contributed by atoms with Gasteiger partial charge in [0, 0.05) is 55.2 Å². The fraction of sp³-hybridized carbons (Fsp3) is 0.283. The zero-order valence-corrected chi connectivity index (χ0v) is 38.8. The Labute approximate surface area is 366 Å². The SMILES string of the molecule is Cc1cc(C)c(N2[CH-]N(c3[c-]c(Oc4[c-]c(-c5nc6ccccc6n5C(C)(C)C)c(-c5cc(C(C)(C)C)cc(C(C)(C)C)c5)cc4)ccc3)c3ccccc32)c(C)c1.[Pt]. The Morgan fingerprint density at radius 3 is 1.83 bits per heavy atom. The van der Waals surface area contributed by atoms with E-state index in [0.29, 0.717) is 11.5 Å². The van der Waals surface area contributed by atoms with E-state index in [1.54, 1.807) is 0 Å². The molecule has 0 bridgehead atoms. The first-order valence-electron chi connectivity index (χ1n) is 20.4. The molecule has 5 nitrogen and oxygen atoms in total. The van der Waals surface area contributed by atoms with Crippen LogP contribution in [0.5, 0.6) is 11.5 Å². The molecular weight excluding hydrogens is 904 g/mol. The number of hydrogen-bond donors (Lipinski definition) is 0. The quantitative estimate of drug-likeness (QED) is 0.156. The molecule has 6 aromatic carbocycles. The summed E-state index contributed by atoms with van der Waals surface area (Å²) in [5.74, 6) is 2.06. The normalized spacial score (nSPS) is 13.2. The summed E-state index contributed by atoms with van der Waals surface area (Å²) in [5.41, 5.74) is 15.4. The molecule has 0 unspecified atom stereocenters. The minimum atomic E-state index is -0.259. The molecule has 306 valence electrons. The second kappa shape index (κ2) is 15.5. The maximum absolute atomic E-state index is 6.74. The zero-order valence-electron chi connectivity index (χ0n) is 36.5. The van der Waals surface area contributed by atoms with Crippen LogP contribution in [0.4, 0.5) is 22.7 Å². The Morgan fingerprint density at radius 2 is 1.20 bits per heavy atom. The number of aryl methyl sites for hydroxylation is 3. The number of imidazole rings is 1. The summed E-state index contributed by atoms with van der Waals surface area (Å²) in [6.45, 7) is 29.1. The first-order chi connectivity index (χ1) is 27.4. The van der Waals surface area contributed by atoms with E-state index < -0.39 is 0 Å². The van der Waals surface area contributed by atoms with Crippen LogP contribution in [0.3, 0.4) is 0 Å². The van der Waals surface area contributed by atoms with Crippen LogP contribution in [-0.4, -0.2) is 9.55 Å². The van der Waals surface area contributed by atoms with Gasteiger partial charge >= 0.3 is 0 Å². The van der Waals surface area contributed by atoms with Crippen LogP contribution < -0.4 is 14.5 Å². The number of para-hydroxylation sites is 4. The number of benzene rings is 6. The molecule has 59 heavy (non-hydrogen) atoms. The van der Waals surface area contributed by atoms with E-state index in [2.05, 4.69) is 207 Å². The first-order valence-corrected chi connectivity index (χ1v) is 20.4. The second-order valence-electron chi connectivity index (χ2n) is 18.9. The van der Waals surface area contributed by atoms with Crippen LogP contribution in [-0.2, 0) is 37.4 Å². The summed E-state index contributed by atoms with van der Waals surface area (Å²) in [4.78, 5) is 9.80. The molecule has 0 saturated carbocycles. The minimum absolute atomic E-state index is 0. The average molecular weight is 959 g/mol. The molecular formula is C53H55N4OPt-3. The zero-order chi connectivity index (χ0) is 41.3. The number of fused-ring (bicyclic) bond motifs is 2. The van der Waals surface area contributed by atoms with Crippen molar-refractivity contribution in [2.75, 3.05) is 9.80 Å². The van der Waals surface area contributed by atoms with E-state index >= 15 is 0 Å². The molecule has 0 aliphatic carbocycles. The van der Waals surface area contributed by atoms with Crippen LogP contribution in [0, 0.1) is 39.6 Å². The Kier molecular flexibility index (Phi) is 11.0. The van der Waals surface area contributed by atoms with Gasteiger partial charge in [-0.25, -0.2) is 0 Å². The predicted octanol–water partition coefficient (Wildman–Crippen LogP) is 14.4. The van der Waals surface area contributed by atoms with Gasteiger partial charge in [0.15, 0.2) is 0 Å². The number of ether oxygens (including phenoxy) is 1. The first kappa shape index (κ1) is 42.0. The van der Waals surface area contributed by atoms with Crippen LogP contribution in [0.2, 0.25) is 0 Å². The van der Waals surface area contributed by atoms with Crippen molar-refractivity contribution >= 4 is 33.8 Å². The van der Waals surface area contributed by atoms with Gasteiger partial charge in [-0.3, -0.25) is 4.98 Å². The number of rotatable bonds is 6. The molecule has 1 aromatic heterocycles. The third kappa shape index (κ3) is 8.11. The Hall–Kier alpha value is -5.12. The summed E-state index contributed by atoms with van der Waals surface area (Å²) < 4.78 is 9.08. The fourth-order valence-corrected chi connectivity index (χ4v) is 8.26. The van der Waals surface area contributed by atoms with Crippen molar-refractivity contribution in [2.45, 2.75) is 99.5 Å². The van der Waals surface area contributed by atoms with Gasteiger partial charge in [-0.05, 0) is 98.9 Å². The summed E-state index contributed by atoms with van der Waals surface area (Å²) in [5, 5.41) is 0. The molecule has 7 aromatic rings. The van der Waals surface area contributed by atoms with Crippen molar-refractivity contribution in [3.63, 3.8) is 0 Å². The summed E-state index contributed by atoms with van der Waals surface area (Å²) in [6.07, 6.45) is 0. The third-order valence-electron chi connectivity index (χ3n) is 11.1. The summed E-state index contributed by atoms with van der Waals surface area (Å²) in [6, 6.07) is 46.1. The third-order valence-corrected chi connectivity index (χ3v) is 11.1. The van der Waals surface area contributed by atoms with E-state index in [-0.39, 0.29) is 37.4 Å². The molecule has 1 aliphatic rings. The number of hydrogen-bond acceptors (Lipinski definition) is 4. The Morgan fingerprint density at radius 1 is 0.610 bits per heavy atom. The van der Waals surface area contributed by atoms with Crippen molar-refractivity contribution in [1.82, 2.24) is 9.55 Å². The van der Waals surface area contributed by atoms with E-state index in [4.69, 9.17) is 9.72 Å². The van der Waals surface area contributed by atoms with E-state index in [1.807, 2.05) is 18.2 Å². The number of aromatic nitrogens is 2. The fourth-order valence-electron chi connectivity index (χ4n) is 8.26. The van der Waals surface area contributed by atoms with E-state index in [1.165, 1.54) is 33.5 Å². The minimum Gasteiger partial charge on any atom is -0.503 e. The van der Waals surface area contributed by atoms with Gasteiger partial charge < -0.3 is 19.1 Å². The van der Waals surface area contributed by atoms with Crippen LogP contribution in [0.1, 0.15) is 90.1 Å². The molecule has 0 N–H and O–H groups in total. The van der Waals surface area contributed by atoms with Crippen molar-refractivity contribution in [2.24, 2.45) is 0 Å². The van der Waals surface area contributed by atoms with Crippen molar-refractivity contribution < 1.29 is 25.8 Å². The van der Waals surface area contributed by atoms with Gasteiger partial charge in [-0.15, -0.1) is 42.7 Å². The summed E-state index contributed by atoms with van der Waals surface area (Å²) in [7, 11) is 0. The van der Waals surface area contributed by atoms with E-state index in [9.17, 15) is 0 Å². The maximum Gasteiger partial charge on any atom is 0.0770 e. The van der Waals surface area contributed by atoms with Gasteiger partial charge in [0.05, 0.1) is 16.9 Å². The van der Waals surface area contributed by atoms with Gasteiger partial charge in [0.25, 0.3) is 0 Å². The van der Waals surface area contributed by atoms with Crippen molar-refractivity contribution in [3.05, 3.63) is 156 Å². The molecule has 1 aliphatic heterocycles. The molecule has 6 heteroatoms. The van der Waals surface area contributed by atoms with Gasteiger partial charge in [0.1, 0.15) is 0 Å². The van der Waals surface area contributed by atoms with Crippen molar-refractivity contribution in [3.8, 4) is 34.0 Å². The molecule has 0 amide bonds. The van der Waals surface area contributed by atoms with Gasteiger partial charge in [0.2, 0.25) is 0 Å². The van der Waals surface area contributed by atoms with Crippen LogP contribution in [0.15, 0.2) is 109 Å².